The molecule has 2 heterocycles. The summed E-state index contributed by atoms with van der Waals surface area (Å²) in [6.07, 6.45) is 1.69. The minimum absolute atomic E-state index is 0.332. The summed E-state index contributed by atoms with van der Waals surface area (Å²) in [4.78, 5) is 13.1. The highest BCUT2D eigenvalue weighted by atomic mass is 32.1. The first-order valence-corrected chi connectivity index (χ1v) is 9.89. The highest BCUT2D eigenvalue weighted by Gasteiger charge is 2.22. The third-order valence-corrected chi connectivity index (χ3v) is 5.14. The maximum atomic E-state index is 13.1. The van der Waals surface area contributed by atoms with Crippen LogP contribution in [0.2, 0.25) is 0 Å². The molecule has 152 valence electrons. The number of nitrogens with zero attached hydrogens (tertiary/aromatic N) is 4. The van der Waals surface area contributed by atoms with Gasteiger partial charge in [0.1, 0.15) is 22.2 Å². The molecule has 0 saturated heterocycles. The third-order valence-electron chi connectivity index (χ3n) is 4.39. The van der Waals surface area contributed by atoms with Crippen molar-refractivity contribution in [1.82, 2.24) is 20.0 Å². The lowest BCUT2D eigenvalue weighted by atomic mass is 10.1. The molecule has 9 heteroatoms. The van der Waals surface area contributed by atoms with Crippen LogP contribution < -0.4 is 14.8 Å². The monoisotopic (exact) mass is 421 g/mol. The van der Waals surface area contributed by atoms with Gasteiger partial charge in [0, 0.05) is 17.8 Å². The molecule has 0 aliphatic rings. The fourth-order valence-electron chi connectivity index (χ4n) is 2.96. The van der Waals surface area contributed by atoms with E-state index in [-0.39, 0.29) is 5.91 Å². The van der Waals surface area contributed by atoms with E-state index in [1.807, 2.05) is 43.3 Å². The van der Waals surface area contributed by atoms with Gasteiger partial charge in [-0.25, -0.2) is 4.68 Å². The molecule has 2 aromatic carbocycles. The van der Waals surface area contributed by atoms with E-state index in [1.165, 1.54) is 11.3 Å². The molecule has 30 heavy (non-hydrogen) atoms. The van der Waals surface area contributed by atoms with E-state index in [0.29, 0.717) is 33.5 Å². The molecule has 0 spiro atoms. The Hall–Kier alpha value is -3.72. The summed E-state index contributed by atoms with van der Waals surface area (Å²) >= 11 is 1.31. The number of nitrogens with one attached hydrogen (secondary N) is 1. The summed E-state index contributed by atoms with van der Waals surface area (Å²) in [6, 6.07) is 15.0. The van der Waals surface area contributed by atoms with Crippen LogP contribution in [0, 0.1) is 6.92 Å². The van der Waals surface area contributed by atoms with Gasteiger partial charge in [-0.1, -0.05) is 29.5 Å². The molecule has 1 N–H and O–H groups in total. The molecule has 8 nitrogen and oxygen atoms in total. The molecule has 0 atom stereocenters. The maximum Gasteiger partial charge on any atom is 0.261 e. The molecule has 2 aromatic heterocycles. The fraction of sp³-hybridized carbons (Fsp3) is 0.143. The molecule has 0 aliphatic carbocycles. The van der Waals surface area contributed by atoms with E-state index in [9.17, 15) is 4.79 Å². The number of carbonyl (C=O) groups is 1. The van der Waals surface area contributed by atoms with Crippen molar-refractivity contribution < 1.29 is 14.3 Å². The SMILES string of the molecule is COc1ccc(-c2nn(-c3ccccc3)cc2C(=O)Nc2nnc(C)s2)c(OC)c1. The zero-order valence-corrected chi connectivity index (χ0v) is 17.4. The number of hydrogen-bond acceptors (Lipinski definition) is 7. The molecule has 0 fully saturated rings. The lowest BCUT2D eigenvalue weighted by Gasteiger charge is -2.10. The molecule has 0 aliphatic heterocycles. The summed E-state index contributed by atoms with van der Waals surface area (Å²) in [6.45, 7) is 1.83. The smallest absolute Gasteiger partial charge is 0.261 e. The topological polar surface area (TPSA) is 91.2 Å². The number of para-hydroxylation sites is 1. The molecule has 0 bridgehead atoms. The van der Waals surface area contributed by atoms with E-state index >= 15 is 0 Å². The maximum absolute atomic E-state index is 13.1. The van der Waals surface area contributed by atoms with E-state index in [2.05, 4.69) is 20.6 Å². The first kappa shape index (κ1) is 19.6. The number of carbonyl (C=O) groups excluding carboxylic acids is 1. The van der Waals surface area contributed by atoms with Crippen LogP contribution in [0.5, 0.6) is 11.5 Å². The van der Waals surface area contributed by atoms with Crippen molar-refractivity contribution in [2.45, 2.75) is 6.92 Å². The van der Waals surface area contributed by atoms with Gasteiger partial charge in [0.2, 0.25) is 5.13 Å². The quantitative estimate of drug-likeness (QED) is 0.507. The summed E-state index contributed by atoms with van der Waals surface area (Å²) in [5, 5.41) is 16.6. The Balaban J connectivity index is 1.82. The Labute approximate surface area is 177 Å². The van der Waals surface area contributed by atoms with Gasteiger partial charge in [-0.05, 0) is 31.2 Å². The highest BCUT2D eigenvalue weighted by Crippen LogP contribution is 2.35. The second-order valence-corrected chi connectivity index (χ2v) is 7.50. The van der Waals surface area contributed by atoms with Crippen LogP contribution in [-0.2, 0) is 0 Å². The van der Waals surface area contributed by atoms with Crippen LogP contribution in [-0.4, -0.2) is 40.1 Å². The summed E-state index contributed by atoms with van der Waals surface area (Å²) in [5.41, 5.74) is 2.37. The third kappa shape index (κ3) is 3.87. The number of anilines is 1. The first-order valence-electron chi connectivity index (χ1n) is 9.08. The Morgan fingerprint density at radius 3 is 2.53 bits per heavy atom. The van der Waals surface area contributed by atoms with Crippen LogP contribution in [0.3, 0.4) is 0 Å². The van der Waals surface area contributed by atoms with Gasteiger partial charge in [-0.3, -0.25) is 10.1 Å². The first-order chi connectivity index (χ1) is 14.6. The summed E-state index contributed by atoms with van der Waals surface area (Å²) < 4.78 is 12.5. The summed E-state index contributed by atoms with van der Waals surface area (Å²) in [5.74, 6) is 0.864. The Morgan fingerprint density at radius 2 is 1.87 bits per heavy atom. The Bertz CT molecular complexity index is 1190. The number of amides is 1. The van der Waals surface area contributed by atoms with E-state index in [0.717, 1.165) is 10.7 Å². The molecule has 4 aromatic rings. The fourth-order valence-corrected chi connectivity index (χ4v) is 3.54. The number of aryl methyl sites for hydroxylation is 1. The van der Waals surface area contributed by atoms with E-state index in [4.69, 9.17) is 9.47 Å². The van der Waals surface area contributed by atoms with Gasteiger partial charge in [0.25, 0.3) is 5.91 Å². The van der Waals surface area contributed by atoms with Gasteiger partial charge in [0.05, 0.1) is 25.5 Å². The molecule has 1 amide bonds. The van der Waals surface area contributed by atoms with Crippen molar-refractivity contribution in [1.29, 1.82) is 0 Å². The van der Waals surface area contributed by atoms with Crippen molar-refractivity contribution in [2.24, 2.45) is 0 Å². The molecule has 0 radical (unpaired) electrons. The van der Waals surface area contributed by atoms with Crippen molar-refractivity contribution in [2.75, 3.05) is 19.5 Å². The second kappa shape index (κ2) is 8.34. The van der Waals surface area contributed by atoms with Crippen molar-refractivity contribution in [3.8, 4) is 28.4 Å². The number of benzene rings is 2. The van der Waals surface area contributed by atoms with E-state index in [1.54, 1.807) is 37.2 Å². The van der Waals surface area contributed by atoms with Crippen LogP contribution >= 0.6 is 11.3 Å². The Kier molecular flexibility index (Phi) is 5.44. The molecule has 4 rings (SSSR count). The highest BCUT2D eigenvalue weighted by molar-refractivity contribution is 7.15. The van der Waals surface area contributed by atoms with Crippen LogP contribution in [0.1, 0.15) is 15.4 Å². The molecular formula is C21H19N5O3S. The zero-order valence-electron chi connectivity index (χ0n) is 16.6. The van der Waals surface area contributed by atoms with Crippen LogP contribution in [0.15, 0.2) is 54.7 Å². The number of methoxy groups -OCH3 is 2. The summed E-state index contributed by atoms with van der Waals surface area (Å²) in [7, 11) is 3.15. The number of hydrogen-bond donors (Lipinski definition) is 1. The minimum atomic E-state index is -0.332. The number of rotatable bonds is 6. The van der Waals surface area contributed by atoms with Gasteiger partial charge < -0.3 is 9.47 Å². The second-order valence-electron chi connectivity index (χ2n) is 6.32. The Morgan fingerprint density at radius 1 is 1.07 bits per heavy atom. The van der Waals surface area contributed by atoms with Crippen molar-refractivity contribution in [3.05, 3.63) is 65.3 Å². The number of aromatic nitrogens is 4. The molecule has 0 saturated carbocycles. The van der Waals surface area contributed by atoms with Gasteiger partial charge in [-0.2, -0.15) is 5.10 Å². The van der Waals surface area contributed by atoms with Gasteiger partial charge in [-0.15, -0.1) is 10.2 Å². The normalized spacial score (nSPS) is 10.6. The molecule has 0 unspecified atom stereocenters. The lowest BCUT2D eigenvalue weighted by molar-refractivity contribution is 0.102. The van der Waals surface area contributed by atoms with Gasteiger partial charge in [0.15, 0.2) is 0 Å². The molecular weight excluding hydrogens is 402 g/mol. The van der Waals surface area contributed by atoms with Crippen molar-refractivity contribution >= 4 is 22.4 Å². The average Bonchev–Trinajstić information content (AvgIpc) is 3.40. The predicted molar refractivity (Wildman–Crippen MR) is 115 cm³/mol. The largest absolute Gasteiger partial charge is 0.497 e. The van der Waals surface area contributed by atoms with Crippen LogP contribution in [0.25, 0.3) is 16.9 Å². The van der Waals surface area contributed by atoms with Crippen molar-refractivity contribution in [3.63, 3.8) is 0 Å². The predicted octanol–water partition coefficient (Wildman–Crippen LogP) is 3.97. The minimum Gasteiger partial charge on any atom is -0.497 e. The van der Waals surface area contributed by atoms with Gasteiger partial charge >= 0.3 is 0 Å². The van der Waals surface area contributed by atoms with Crippen LogP contribution in [0.4, 0.5) is 5.13 Å². The average molecular weight is 421 g/mol. The number of ether oxygens (including phenoxy) is 2. The zero-order chi connectivity index (χ0) is 21.1. The standard InChI is InChI=1S/C21H19N5O3S/c1-13-23-24-21(30-13)22-20(27)17-12-26(14-7-5-4-6-8-14)25-19(17)16-10-9-15(28-2)11-18(16)29-3/h4-12H,1-3H3,(H,22,24,27). The lowest BCUT2D eigenvalue weighted by Crippen LogP contribution is -2.12. The van der Waals surface area contributed by atoms with E-state index < -0.39 is 0 Å².